The van der Waals surface area contributed by atoms with Crippen LogP contribution in [-0.4, -0.2) is 13.1 Å². The molecule has 1 atom stereocenters. The lowest BCUT2D eigenvalue weighted by Gasteiger charge is -2.17. The van der Waals surface area contributed by atoms with Gasteiger partial charge in [-0.1, -0.05) is 19.8 Å². The van der Waals surface area contributed by atoms with Crippen LogP contribution in [0, 0.1) is 16.7 Å². The number of nitrogens with one attached hydrogen (secondary N) is 1. The number of unbranched alkanes of at least 4 members (excludes halogenated alkanes) is 1. The highest BCUT2D eigenvalue weighted by Crippen LogP contribution is 2.30. The molecule has 0 saturated carbocycles. The van der Waals surface area contributed by atoms with Crippen molar-refractivity contribution in [3.63, 3.8) is 0 Å². The normalized spacial score (nSPS) is 30.2. The quantitative estimate of drug-likeness (QED) is 0.668. The smallest absolute Gasteiger partial charge is 0.0710 e. The van der Waals surface area contributed by atoms with E-state index < -0.39 is 0 Å². The van der Waals surface area contributed by atoms with Gasteiger partial charge in [-0.3, -0.25) is 0 Å². The van der Waals surface area contributed by atoms with Crippen LogP contribution >= 0.6 is 0 Å². The average molecular weight is 152 g/mol. The zero-order chi connectivity index (χ0) is 8.16. The molecule has 0 amide bonds. The van der Waals surface area contributed by atoms with Gasteiger partial charge >= 0.3 is 0 Å². The molecule has 0 aromatic rings. The summed E-state index contributed by atoms with van der Waals surface area (Å²) in [5.74, 6) is 0. The van der Waals surface area contributed by atoms with E-state index in [2.05, 4.69) is 18.3 Å². The molecular weight excluding hydrogens is 136 g/mol. The SMILES string of the molecule is CCCCC1(C#N)CCNC1. The number of hydrogen-bond acceptors (Lipinski definition) is 2. The third-order valence-corrected chi connectivity index (χ3v) is 2.49. The molecule has 2 nitrogen and oxygen atoms in total. The van der Waals surface area contributed by atoms with Crippen LogP contribution in [0.25, 0.3) is 0 Å². The van der Waals surface area contributed by atoms with Gasteiger partial charge in [-0.25, -0.2) is 0 Å². The molecule has 1 aliphatic rings. The van der Waals surface area contributed by atoms with Crippen LogP contribution in [0.5, 0.6) is 0 Å². The van der Waals surface area contributed by atoms with Crippen molar-refractivity contribution in [3.05, 3.63) is 0 Å². The molecule has 0 aliphatic carbocycles. The van der Waals surface area contributed by atoms with E-state index in [0.29, 0.717) is 0 Å². The monoisotopic (exact) mass is 152 g/mol. The van der Waals surface area contributed by atoms with Crippen LogP contribution in [0.3, 0.4) is 0 Å². The van der Waals surface area contributed by atoms with E-state index in [1.54, 1.807) is 0 Å². The van der Waals surface area contributed by atoms with Gasteiger partial charge in [0.15, 0.2) is 0 Å². The predicted octanol–water partition coefficient (Wildman–Crippen LogP) is 1.68. The van der Waals surface area contributed by atoms with Crippen LogP contribution in [0.1, 0.15) is 32.6 Å². The highest BCUT2D eigenvalue weighted by Gasteiger charge is 2.32. The Kier molecular flexibility index (Phi) is 2.90. The van der Waals surface area contributed by atoms with E-state index >= 15 is 0 Å². The summed E-state index contributed by atoms with van der Waals surface area (Å²) in [4.78, 5) is 0. The fourth-order valence-corrected chi connectivity index (χ4v) is 1.62. The summed E-state index contributed by atoms with van der Waals surface area (Å²) in [5.41, 5.74) is -0.0178. The Morgan fingerprint density at radius 3 is 2.91 bits per heavy atom. The lowest BCUT2D eigenvalue weighted by Crippen LogP contribution is -2.21. The third-order valence-electron chi connectivity index (χ3n) is 2.49. The summed E-state index contributed by atoms with van der Waals surface area (Å²) in [6, 6.07) is 2.45. The van der Waals surface area contributed by atoms with E-state index in [-0.39, 0.29) is 5.41 Å². The molecule has 0 aromatic carbocycles. The van der Waals surface area contributed by atoms with Crippen molar-refractivity contribution in [2.24, 2.45) is 5.41 Å². The molecule has 0 aromatic heterocycles. The number of nitriles is 1. The summed E-state index contributed by atoms with van der Waals surface area (Å²) in [5, 5.41) is 12.2. The number of rotatable bonds is 3. The minimum absolute atomic E-state index is 0.0178. The van der Waals surface area contributed by atoms with Gasteiger partial charge in [0.1, 0.15) is 0 Å². The largest absolute Gasteiger partial charge is 0.315 e. The lowest BCUT2D eigenvalue weighted by atomic mass is 9.84. The first kappa shape index (κ1) is 8.55. The maximum absolute atomic E-state index is 8.95. The fraction of sp³-hybridized carbons (Fsp3) is 0.889. The minimum atomic E-state index is -0.0178. The second kappa shape index (κ2) is 3.73. The Hall–Kier alpha value is -0.550. The van der Waals surface area contributed by atoms with Crippen LogP contribution in [0.4, 0.5) is 0 Å². The molecule has 11 heavy (non-hydrogen) atoms. The zero-order valence-electron chi connectivity index (χ0n) is 7.19. The van der Waals surface area contributed by atoms with Crippen molar-refractivity contribution >= 4 is 0 Å². The van der Waals surface area contributed by atoms with Gasteiger partial charge in [0.05, 0.1) is 11.5 Å². The molecule has 2 heteroatoms. The van der Waals surface area contributed by atoms with E-state index in [0.717, 1.165) is 25.9 Å². The molecule has 1 heterocycles. The first-order valence-electron chi connectivity index (χ1n) is 4.45. The fourth-order valence-electron chi connectivity index (χ4n) is 1.62. The van der Waals surface area contributed by atoms with Gasteiger partial charge < -0.3 is 5.32 Å². The highest BCUT2D eigenvalue weighted by molar-refractivity contribution is 5.03. The van der Waals surface area contributed by atoms with Gasteiger partial charge in [0.25, 0.3) is 0 Å². The maximum Gasteiger partial charge on any atom is 0.0710 e. The standard InChI is InChI=1S/C9H16N2/c1-2-3-4-9(7-10)5-6-11-8-9/h11H,2-6,8H2,1H3. The van der Waals surface area contributed by atoms with Gasteiger partial charge in [-0.05, 0) is 19.4 Å². The first-order valence-corrected chi connectivity index (χ1v) is 4.45. The second-order valence-corrected chi connectivity index (χ2v) is 3.42. The number of hydrogen-bond donors (Lipinski definition) is 1. The van der Waals surface area contributed by atoms with Gasteiger partial charge in [0.2, 0.25) is 0 Å². The summed E-state index contributed by atoms with van der Waals surface area (Å²) >= 11 is 0. The lowest BCUT2D eigenvalue weighted by molar-refractivity contribution is 0.389. The van der Waals surface area contributed by atoms with E-state index in [1.807, 2.05) is 0 Å². The molecular formula is C9H16N2. The van der Waals surface area contributed by atoms with Crippen molar-refractivity contribution in [3.8, 4) is 6.07 Å². The van der Waals surface area contributed by atoms with Crippen molar-refractivity contribution < 1.29 is 0 Å². The molecule has 1 fully saturated rings. The Morgan fingerprint density at radius 1 is 1.64 bits per heavy atom. The summed E-state index contributed by atoms with van der Waals surface area (Å²) < 4.78 is 0. The summed E-state index contributed by atoms with van der Waals surface area (Å²) in [7, 11) is 0. The Bertz CT molecular complexity index is 151. The third kappa shape index (κ3) is 1.94. The van der Waals surface area contributed by atoms with Crippen LogP contribution in [0.15, 0.2) is 0 Å². The van der Waals surface area contributed by atoms with Gasteiger partial charge in [0, 0.05) is 6.54 Å². The molecule has 1 aliphatic heterocycles. The maximum atomic E-state index is 8.95. The first-order chi connectivity index (χ1) is 5.33. The highest BCUT2D eigenvalue weighted by atomic mass is 14.9. The Morgan fingerprint density at radius 2 is 2.45 bits per heavy atom. The van der Waals surface area contributed by atoms with Crippen LogP contribution in [-0.2, 0) is 0 Å². The van der Waals surface area contributed by atoms with Crippen molar-refractivity contribution in [2.75, 3.05) is 13.1 Å². The molecule has 0 radical (unpaired) electrons. The molecule has 1 saturated heterocycles. The van der Waals surface area contributed by atoms with Gasteiger partial charge in [-0.15, -0.1) is 0 Å². The average Bonchev–Trinajstić information content (AvgIpc) is 2.50. The van der Waals surface area contributed by atoms with Crippen molar-refractivity contribution in [2.45, 2.75) is 32.6 Å². The minimum Gasteiger partial charge on any atom is -0.315 e. The molecule has 0 spiro atoms. The van der Waals surface area contributed by atoms with Crippen LogP contribution in [0.2, 0.25) is 0 Å². The second-order valence-electron chi connectivity index (χ2n) is 3.42. The van der Waals surface area contributed by atoms with Crippen molar-refractivity contribution in [1.82, 2.24) is 5.32 Å². The molecule has 0 bridgehead atoms. The zero-order valence-corrected chi connectivity index (χ0v) is 7.19. The topological polar surface area (TPSA) is 35.8 Å². The Labute approximate surface area is 68.6 Å². The molecule has 62 valence electrons. The molecule has 1 N–H and O–H groups in total. The predicted molar refractivity (Wildman–Crippen MR) is 45.1 cm³/mol. The number of nitrogens with zero attached hydrogens (tertiary/aromatic N) is 1. The summed E-state index contributed by atoms with van der Waals surface area (Å²) in [6.45, 7) is 4.11. The van der Waals surface area contributed by atoms with Crippen molar-refractivity contribution in [1.29, 1.82) is 5.26 Å². The van der Waals surface area contributed by atoms with E-state index in [4.69, 9.17) is 5.26 Å². The molecule has 1 rings (SSSR count). The summed E-state index contributed by atoms with van der Waals surface area (Å²) in [6.07, 6.45) is 4.51. The Balaban J connectivity index is 2.41. The van der Waals surface area contributed by atoms with Crippen LogP contribution < -0.4 is 5.32 Å². The van der Waals surface area contributed by atoms with E-state index in [1.165, 1.54) is 12.8 Å². The van der Waals surface area contributed by atoms with E-state index in [9.17, 15) is 0 Å². The molecule has 1 unspecified atom stereocenters. The van der Waals surface area contributed by atoms with Gasteiger partial charge in [-0.2, -0.15) is 5.26 Å².